The van der Waals surface area contributed by atoms with E-state index >= 15 is 0 Å². The van der Waals surface area contributed by atoms with Crippen LogP contribution in [0.3, 0.4) is 0 Å². The van der Waals surface area contributed by atoms with Crippen LogP contribution in [0.5, 0.6) is 12.0 Å². The first-order valence-electron chi connectivity index (χ1n) is 8.16. The van der Waals surface area contributed by atoms with Crippen molar-refractivity contribution in [3.05, 3.63) is 0 Å². The van der Waals surface area contributed by atoms with E-state index in [1.807, 2.05) is 4.90 Å². The molecule has 0 saturated carbocycles. The molecule has 1 aromatic rings. The van der Waals surface area contributed by atoms with Crippen molar-refractivity contribution < 1.29 is 19.0 Å². The van der Waals surface area contributed by atoms with Crippen molar-refractivity contribution in [1.29, 1.82) is 0 Å². The minimum atomic E-state index is -0.0680. The lowest BCUT2D eigenvalue weighted by atomic mass is 10.1. The summed E-state index contributed by atoms with van der Waals surface area (Å²) in [7, 11) is 2.99. The van der Waals surface area contributed by atoms with E-state index in [0.29, 0.717) is 32.3 Å². The second-order valence-corrected chi connectivity index (χ2v) is 5.94. The molecule has 1 unspecified atom stereocenters. The number of rotatable bonds is 5. The van der Waals surface area contributed by atoms with Crippen LogP contribution in [-0.4, -0.2) is 67.4 Å². The number of amides is 1. The molecule has 0 spiro atoms. The predicted octanol–water partition coefficient (Wildman–Crippen LogP) is 0.0103. The van der Waals surface area contributed by atoms with Crippen molar-refractivity contribution in [3.63, 3.8) is 0 Å². The number of anilines is 1. The largest absolute Gasteiger partial charge is 0.467 e. The van der Waals surface area contributed by atoms with Gasteiger partial charge in [0.25, 0.3) is 0 Å². The van der Waals surface area contributed by atoms with Gasteiger partial charge >= 0.3 is 12.0 Å². The summed E-state index contributed by atoms with van der Waals surface area (Å²) in [6.07, 6.45) is 2.53. The average molecular weight is 337 g/mol. The number of aromatic nitrogens is 3. The molecule has 0 aromatic carbocycles. The highest BCUT2D eigenvalue weighted by molar-refractivity contribution is 5.80. The molecule has 3 rings (SSSR count). The lowest BCUT2D eigenvalue weighted by Gasteiger charge is -2.24. The van der Waals surface area contributed by atoms with Crippen LogP contribution in [0, 0.1) is 5.92 Å². The normalized spacial score (nSPS) is 21.6. The monoisotopic (exact) mass is 337 g/mol. The van der Waals surface area contributed by atoms with E-state index in [-0.39, 0.29) is 29.9 Å². The third-order valence-electron chi connectivity index (χ3n) is 4.36. The zero-order valence-corrected chi connectivity index (χ0v) is 14.0. The molecular formula is C15H23N5O4. The number of nitrogens with zero attached hydrogens (tertiary/aromatic N) is 4. The maximum Gasteiger partial charge on any atom is 0.324 e. The summed E-state index contributed by atoms with van der Waals surface area (Å²) in [6, 6.07) is 0.622. The van der Waals surface area contributed by atoms with E-state index in [4.69, 9.17) is 14.2 Å². The molecule has 3 heterocycles. The fourth-order valence-electron chi connectivity index (χ4n) is 2.97. The van der Waals surface area contributed by atoms with Crippen LogP contribution < -0.4 is 19.7 Å². The molecule has 0 aliphatic carbocycles. The van der Waals surface area contributed by atoms with E-state index in [2.05, 4.69) is 20.3 Å². The number of methoxy groups -OCH3 is 2. The van der Waals surface area contributed by atoms with E-state index < -0.39 is 0 Å². The SMILES string of the molecule is COc1nc(OC)nc(N2CCC(C(=O)NC3CCOCC3)C2)n1. The van der Waals surface area contributed by atoms with Gasteiger partial charge in [0.05, 0.1) is 20.1 Å². The molecule has 0 radical (unpaired) electrons. The van der Waals surface area contributed by atoms with Crippen LogP contribution in [0.2, 0.25) is 0 Å². The Labute approximate surface area is 140 Å². The fraction of sp³-hybridized carbons (Fsp3) is 0.733. The zero-order chi connectivity index (χ0) is 16.9. The zero-order valence-electron chi connectivity index (χ0n) is 14.0. The Morgan fingerprint density at radius 3 is 2.42 bits per heavy atom. The topological polar surface area (TPSA) is 98.7 Å². The summed E-state index contributed by atoms with van der Waals surface area (Å²) in [4.78, 5) is 26.9. The smallest absolute Gasteiger partial charge is 0.324 e. The maximum absolute atomic E-state index is 12.5. The van der Waals surface area contributed by atoms with Crippen molar-refractivity contribution in [2.75, 3.05) is 45.4 Å². The van der Waals surface area contributed by atoms with E-state index in [0.717, 1.165) is 19.3 Å². The van der Waals surface area contributed by atoms with Crippen LogP contribution in [0.1, 0.15) is 19.3 Å². The van der Waals surface area contributed by atoms with Gasteiger partial charge in [-0.25, -0.2) is 0 Å². The number of hydrogen-bond acceptors (Lipinski definition) is 8. The highest BCUT2D eigenvalue weighted by Crippen LogP contribution is 2.24. The number of carbonyl (C=O) groups is 1. The molecule has 1 amide bonds. The summed E-state index contributed by atoms with van der Waals surface area (Å²) >= 11 is 0. The molecule has 24 heavy (non-hydrogen) atoms. The summed E-state index contributed by atoms with van der Waals surface area (Å²) in [5, 5.41) is 3.13. The Morgan fingerprint density at radius 1 is 1.12 bits per heavy atom. The Morgan fingerprint density at radius 2 is 1.79 bits per heavy atom. The second-order valence-electron chi connectivity index (χ2n) is 5.94. The van der Waals surface area contributed by atoms with E-state index in [1.54, 1.807) is 0 Å². The van der Waals surface area contributed by atoms with Crippen molar-refractivity contribution in [2.45, 2.75) is 25.3 Å². The van der Waals surface area contributed by atoms with Crippen molar-refractivity contribution in [1.82, 2.24) is 20.3 Å². The molecule has 9 heteroatoms. The summed E-state index contributed by atoms with van der Waals surface area (Å²) < 4.78 is 15.5. The van der Waals surface area contributed by atoms with Gasteiger partial charge in [0.2, 0.25) is 11.9 Å². The number of hydrogen-bond donors (Lipinski definition) is 1. The molecule has 1 N–H and O–H groups in total. The molecular weight excluding hydrogens is 314 g/mol. The lowest BCUT2D eigenvalue weighted by Crippen LogP contribution is -2.42. The standard InChI is InChI=1S/C15H23N5O4/c1-22-14-17-13(18-15(19-14)23-2)20-6-3-10(9-20)12(21)16-11-4-7-24-8-5-11/h10-11H,3-9H2,1-2H3,(H,16,21). The second kappa shape index (κ2) is 7.61. The molecule has 9 nitrogen and oxygen atoms in total. The number of carbonyl (C=O) groups excluding carboxylic acids is 1. The maximum atomic E-state index is 12.5. The number of ether oxygens (including phenoxy) is 3. The van der Waals surface area contributed by atoms with Gasteiger partial charge in [0.1, 0.15) is 0 Å². The van der Waals surface area contributed by atoms with Gasteiger partial charge in [-0.15, -0.1) is 4.98 Å². The van der Waals surface area contributed by atoms with Crippen molar-refractivity contribution in [3.8, 4) is 12.0 Å². The Balaban J connectivity index is 1.61. The first-order valence-corrected chi connectivity index (χ1v) is 8.16. The molecule has 0 bridgehead atoms. The lowest BCUT2D eigenvalue weighted by molar-refractivity contribution is -0.125. The van der Waals surface area contributed by atoms with Crippen molar-refractivity contribution in [2.24, 2.45) is 5.92 Å². The molecule has 1 atom stereocenters. The minimum Gasteiger partial charge on any atom is -0.467 e. The van der Waals surface area contributed by atoms with Crippen LogP contribution in [0.15, 0.2) is 0 Å². The summed E-state index contributed by atoms with van der Waals surface area (Å²) in [5.41, 5.74) is 0. The van der Waals surface area contributed by atoms with Crippen LogP contribution in [0.4, 0.5) is 5.95 Å². The molecule has 2 saturated heterocycles. The summed E-state index contributed by atoms with van der Waals surface area (Å²) in [6.45, 7) is 2.71. The van der Waals surface area contributed by atoms with Crippen LogP contribution >= 0.6 is 0 Å². The van der Waals surface area contributed by atoms with Gasteiger partial charge in [-0.3, -0.25) is 4.79 Å². The van der Waals surface area contributed by atoms with Crippen molar-refractivity contribution >= 4 is 11.9 Å². The Hall–Kier alpha value is -2.16. The van der Waals surface area contributed by atoms with Gasteiger partial charge < -0.3 is 24.4 Å². The highest BCUT2D eigenvalue weighted by atomic mass is 16.5. The van der Waals surface area contributed by atoms with Gasteiger partial charge in [0.15, 0.2) is 0 Å². The first kappa shape index (κ1) is 16.7. The molecule has 2 fully saturated rings. The quantitative estimate of drug-likeness (QED) is 0.802. The van der Waals surface area contributed by atoms with E-state index in [1.165, 1.54) is 14.2 Å². The summed E-state index contributed by atoms with van der Waals surface area (Å²) in [5.74, 6) is 0.499. The van der Waals surface area contributed by atoms with Gasteiger partial charge in [-0.2, -0.15) is 9.97 Å². The van der Waals surface area contributed by atoms with E-state index in [9.17, 15) is 4.79 Å². The number of nitrogens with one attached hydrogen (secondary N) is 1. The predicted molar refractivity (Wildman–Crippen MR) is 85.2 cm³/mol. The molecule has 1 aromatic heterocycles. The third-order valence-corrected chi connectivity index (χ3v) is 4.36. The molecule has 132 valence electrons. The minimum absolute atomic E-state index is 0.0680. The van der Waals surface area contributed by atoms with Gasteiger partial charge in [-0.1, -0.05) is 0 Å². The molecule has 2 aliphatic heterocycles. The Kier molecular flexibility index (Phi) is 5.29. The third kappa shape index (κ3) is 3.84. The highest BCUT2D eigenvalue weighted by Gasteiger charge is 2.31. The van der Waals surface area contributed by atoms with Gasteiger partial charge in [0, 0.05) is 32.3 Å². The average Bonchev–Trinajstić information content (AvgIpc) is 3.12. The fourth-order valence-corrected chi connectivity index (χ4v) is 2.97. The molecule has 2 aliphatic rings. The van der Waals surface area contributed by atoms with Crippen LogP contribution in [-0.2, 0) is 9.53 Å². The first-order chi connectivity index (χ1) is 11.7. The Bertz CT molecular complexity index is 557. The van der Waals surface area contributed by atoms with Crippen LogP contribution in [0.25, 0.3) is 0 Å². The van der Waals surface area contributed by atoms with Gasteiger partial charge in [-0.05, 0) is 19.3 Å².